The zero-order valence-corrected chi connectivity index (χ0v) is 22.6. The first-order valence-electron chi connectivity index (χ1n) is 11.8. The molecule has 7 nitrogen and oxygen atoms in total. The molecule has 0 aromatic heterocycles. The fourth-order valence-electron chi connectivity index (χ4n) is 4.17. The highest BCUT2D eigenvalue weighted by Crippen LogP contribution is 2.42. The van der Waals surface area contributed by atoms with Gasteiger partial charge in [-0.3, -0.25) is 9.59 Å². The number of ether oxygens (including phenoxy) is 1. The first-order chi connectivity index (χ1) is 18.8. The molecule has 3 aromatic rings. The van der Waals surface area contributed by atoms with Gasteiger partial charge in [-0.1, -0.05) is 65.8 Å². The molecule has 0 radical (unpaired) electrons. The molecule has 0 aliphatic carbocycles. The van der Waals surface area contributed by atoms with Gasteiger partial charge in [0, 0.05) is 16.8 Å². The molecule has 3 aromatic carbocycles. The molecule has 2 amide bonds. The number of amides is 2. The summed E-state index contributed by atoms with van der Waals surface area (Å²) in [7, 11) is 1.49. The highest BCUT2D eigenvalue weighted by atomic mass is 35.5. The minimum absolute atomic E-state index is 0.0568. The van der Waals surface area contributed by atoms with E-state index in [1.807, 2.05) is 0 Å². The Bertz CT molecular complexity index is 1530. The molecule has 0 fully saturated rings. The number of halogens is 2. The Labute approximate surface area is 234 Å². The monoisotopic (exact) mass is 562 g/mol. The maximum absolute atomic E-state index is 15.1. The van der Waals surface area contributed by atoms with Crippen LogP contribution < -0.4 is 20.7 Å². The Morgan fingerprint density at radius 3 is 2.41 bits per heavy atom. The number of para-hydroxylation sites is 3. The van der Waals surface area contributed by atoms with E-state index in [0.717, 1.165) is 11.8 Å². The van der Waals surface area contributed by atoms with Gasteiger partial charge in [-0.2, -0.15) is 5.26 Å². The first-order valence-corrected chi connectivity index (χ1v) is 13.2. The Balaban J connectivity index is 1.66. The summed E-state index contributed by atoms with van der Waals surface area (Å²) in [5, 5.41) is 19.6. The number of methoxy groups -OCH3 is 1. The third-order valence-electron chi connectivity index (χ3n) is 5.96. The minimum atomic E-state index is -1.01. The molecule has 0 saturated carbocycles. The van der Waals surface area contributed by atoms with Crippen molar-refractivity contribution in [3.8, 4) is 11.8 Å². The predicted octanol–water partition coefficient (Wildman–Crippen LogP) is 6.19. The second-order valence-electron chi connectivity index (χ2n) is 8.44. The van der Waals surface area contributed by atoms with Gasteiger partial charge in [0.1, 0.15) is 11.6 Å². The summed E-state index contributed by atoms with van der Waals surface area (Å²) < 4.78 is 20.4. The smallest absolute Gasteiger partial charge is 0.254 e. The summed E-state index contributed by atoms with van der Waals surface area (Å²) in [5.74, 6) is -2.05. The Kier molecular flexibility index (Phi) is 8.92. The lowest BCUT2D eigenvalue weighted by Gasteiger charge is -2.30. The van der Waals surface area contributed by atoms with Crippen LogP contribution in [0.5, 0.6) is 5.75 Å². The van der Waals surface area contributed by atoms with Crippen molar-refractivity contribution in [3.63, 3.8) is 0 Å². The fourth-order valence-corrected chi connectivity index (χ4v) is 5.25. The lowest BCUT2D eigenvalue weighted by Crippen LogP contribution is -2.31. The number of nitrogens with zero attached hydrogens (tertiary/aromatic N) is 1. The van der Waals surface area contributed by atoms with Crippen molar-refractivity contribution in [2.75, 3.05) is 23.5 Å². The number of thioether (sulfide) groups is 1. The average molecular weight is 563 g/mol. The van der Waals surface area contributed by atoms with E-state index in [9.17, 15) is 14.9 Å². The van der Waals surface area contributed by atoms with Crippen molar-refractivity contribution in [1.82, 2.24) is 5.32 Å². The van der Waals surface area contributed by atoms with Crippen LogP contribution in [0.2, 0.25) is 5.02 Å². The summed E-state index contributed by atoms with van der Waals surface area (Å²) in [5.41, 5.74) is 1.77. The van der Waals surface area contributed by atoms with E-state index >= 15 is 4.39 Å². The molecule has 4 rings (SSSR count). The van der Waals surface area contributed by atoms with Crippen LogP contribution in [0.4, 0.5) is 15.8 Å². The topological polar surface area (TPSA) is 103 Å². The number of hydrogen-bond donors (Lipinski definition) is 3. The van der Waals surface area contributed by atoms with Crippen LogP contribution in [0.1, 0.15) is 18.4 Å². The number of carbonyl (C=O) groups is 2. The summed E-state index contributed by atoms with van der Waals surface area (Å²) in [6, 6.07) is 21.9. The lowest BCUT2D eigenvalue weighted by molar-refractivity contribution is -0.114. The molecule has 39 heavy (non-hydrogen) atoms. The zero-order chi connectivity index (χ0) is 27.9. The van der Waals surface area contributed by atoms with Crippen LogP contribution in [0.25, 0.3) is 0 Å². The number of nitrogens with one attached hydrogen (secondary N) is 3. The van der Waals surface area contributed by atoms with Crippen LogP contribution in [-0.4, -0.2) is 24.7 Å². The molecule has 0 spiro atoms. The Morgan fingerprint density at radius 1 is 1.05 bits per heavy atom. The van der Waals surface area contributed by atoms with Gasteiger partial charge in [-0.05, 0) is 37.3 Å². The molecule has 3 N–H and O–H groups in total. The van der Waals surface area contributed by atoms with E-state index in [1.54, 1.807) is 67.6 Å². The predicted molar refractivity (Wildman–Crippen MR) is 152 cm³/mol. The number of nitriles is 1. The highest BCUT2D eigenvalue weighted by Gasteiger charge is 2.36. The maximum atomic E-state index is 15.1. The fraction of sp³-hybridized carbons (Fsp3) is 0.138. The van der Waals surface area contributed by atoms with Gasteiger partial charge in [0.25, 0.3) is 5.91 Å². The molecule has 1 aliphatic heterocycles. The van der Waals surface area contributed by atoms with Gasteiger partial charge in [-0.15, -0.1) is 0 Å². The second kappa shape index (κ2) is 12.5. The molecule has 0 saturated heterocycles. The van der Waals surface area contributed by atoms with Crippen molar-refractivity contribution in [2.24, 2.45) is 0 Å². The van der Waals surface area contributed by atoms with Crippen molar-refractivity contribution in [1.29, 1.82) is 5.26 Å². The number of benzene rings is 3. The van der Waals surface area contributed by atoms with Crippen LogP contribution >= 0.6 is 23.4 Å². The van der Waals surface area contributed by atoms with Crippen molar-refractivity contribution < 1.29 is 18.7 Å². The van der Waals surface area contributed by atoms with Gasteiger partial charge in [0.2, 0.25) is 5.91 Å². The van der Waals surface area contributed by atoms with Crippen molar-refractivity contribution in [2.45, 2.75) is 12.8 Å². The number of rotatable bonds is 8. The number of anilines is 2. The maximum Gasteiger partial charge on any atom is 0.254 e. The van der Waals surface area contributed by atoms with E-state index in [4.69, 9.17) is 16.3 Å². The van der Waals surface area contributed by atoms with E-state index in [-0.39, 0.29) is 28.4 Å². The van der Waals surface area contributed by atoms with Gasteiger partial charge >= 0.3 is 0 Å². The third-order valence-corrected chi connectivity index (χ3v) is 7.31. The zero-order valence-electron chi connectivity index (χ0n) is 21.0. The van der Waals surface area contributed by atoms with E-state index in [1.165, 1.54) is 19.2 Å². The molecular formula is C29H24ClFN4O3S. The van der Waals surface area contributed by atoms with Gasteiger partial charge < -0.3 is 20.7 Å². The van der Waals surface area contributed by atoms with Crippen LogP contribution in [0.3, 0.4) is 0 Å². The quantitative estimate of drug-likeness (QED) is 0.302. The van der Waals surface area contributed by atoms with Crippen molar-refractivity contribution in [3.05, 3.63) is 111 Å². The summed E-state index contributed by atoms with van der Waals surface area (Å²) in [6.45, 7) is 1.67. The summed E-state index contributed by atoms with van der Waals surface area (Å²) in [6.07, 6.45) is 0. The van der Waals surface area contributed by atoms with E-state index in [2.05, 4.69) is 22.0 Å². The van der Waals surface area contributed by atoms with Crippen LogP contribution in [0, 0.1) is 17.1 Å². The molecular weight excluding hydrogens is 539 g/mol. The van der Waals surface area contributed by atoms with Gasteiger partial charge in [0.15, 0.2) is 0 Å². The molecule has 10 heteroatoms. The number of allylic oxidation sites excluding steroid dienone is 2. The van der Waals surface area contributed by atoms with E-state index < -0.39 is 17.6 Å². The molecule has 1 atom stereocenters. The Morgan fingerprint density at radius 2 is 1.72 bits per heavy atom. The number of dihydropyridines is 1. The largest absolute Gasteiger partial charge is 0.495 e. The van der Waals surface area contributed by atoms with Gasteiger partial charge in [0.05, 0.1) is 51.8 Å². The second-order valence-corrected chi connectivity index (χ2v) is 9.84. The first kappa shape index (κ1) is 27.8. The van der Waals surface area contributed by atoms with E-state index in [0.29, 0.717) is 32.9 Å². The highest BCUT2D eigenvalue weighted by molar-refractivity contribution is 8.03. The van der Waals surface area contributed by atoms with Gasteiger partial charge in [-0.25, -0.2) is 4.39 Å². The Hall–Kier alpha value is -4.26. The lowest BCUT2D eigenvalue weighted by atomic mass is 9.82. The molecule has 1 aliphatic rings. The molecule has 0 bridgehead atoms. The van der Waals surface area contributed by atoms with Crippen LogP contribution in [-0.2, 0) is 9.59 Å². The number of carbonyl (C=O) groups excluding carboxylic acids is 2. The standard InChI is InChI=1S/C29H24ClFN4O3S/c1-17-26(28(37)35-23-13-7-8-14-24(23)38-2)27(18-9-3-5-11-21(18)31)19(15-32)29(33-17)39-16-25(36)34-22-12-6-4-10-20(22)30/h3-14,27,33H,16H2,1-2H3,(H,34,36)(H,35,37)/t27-/m1/s1. The molecule has 198 valence electrons. The number of hydrogen-bond acceptors (Lipinski definition) is 6. The molecule has 0 unspecified atom stereocenters. The van der Waals surface area contributed by atoms with Crippen molar-refractivity contribution >= 4 is 46.6 Å². The summed E-state index contributed by atoms with van der Waals surface area (Å²) in [4.78, 5) is 26.3. The minimum Gasteiger partial charge on any atom is -0.495 e. The third kappa shape index (κ3) is 6.25. The summed E-state index contributed by atoms with van der Waals surface area (Å²) >= 11 is 7.21. The van der Waals surface area contributed by atoms with Crippen LogP contribution in [0.15, 0.2) is 94.7 Å². The normalized spacial score (nSPS) is 14.8. The average Bonchev–Trinajstić information content (AvgIpc) is 2.93. The SMILES string of the molecule is COc1ccccc1NC(=O)C1=C(C)NC(SCC(=O)Nc2ccccc2Cl)=C(C#N)[C@H]1c1ccccc1F. The molecule has 1 heterocycles.